The van der Waals surface area contributed by atoms with Crippen molar-refractivity contribution in [2.24, 2.45) is 0 Å². The molecule has 0 N–H and O–H groups in total. The molecule has 1 atom stereocenters. The Bertz CT molecular complexity index is 1450. The standard InChI is InChI=1S/C25H21N5O3S/c1-4-13-34-25-26-23-22(27-28-25)18-10-6-8-12-21(18)30(16(3)32)24(33-23)19-14-29(15(2)31)20-11-7-5-9-17(19)20/h4-12,14,24H,1,13H2,2-3H3. The van der Waals surface area contributed by atoms with Crippen LogP contribution in [0, 0.1) is 0 Å². The third-order valence-corrected chi connectivity index (χ3v) is 6.36. The summed E-state index contributed by atoms with van der Waals surface area (Å²) in [5.41, 5.74) is 3.16. The second-order valence-corrected chi connectivity index (χ2v) is 8.70. The van der Waals surface area contributed by atoms with E-state index in [1.807, 2.05) is 48.5 Å². The third-order valence-electron chi connectivity index (χ3n) is 5.53. The molecule has 0 bridgehead atoms. The summed E-state index contributed by atoms with van der Waals surface area (Å²) in [7, 11) is 0. The van der Waals surface area contributed by atoms with Crippen LogP contribution >= 0.6 is 11.8 Å². The van der Waals surface area contributed by atoms with Crippen LogP contribution in [0.25, 0.3) is 22.2 Å². The van der Waals surface area contributed by atoms with Crippen molar-refractivity contribution >= 4 is 40.2 Å². The van der Waals surface area contributed by atoms with Gasteiger partial charge in [-0.15, -0.1) is 16.8 Å². The Morgan fingerprint density at radius 2 is 1.85 bits per heavy atom. The van der Waals surface area contributed by atoms with E-state index in [1.54, 1.807) is 21.7 Å². The van der Waals surface area contributed by atoms with E-state index in [2.05, 4.69) is 21.8 Å². The molecule has 5 rings (SSSR count). The first kappa shape index (κ1) is 21.8. The molecule has 9 heteroatoms. The van der Waals surface area contributed by atoms with Crippen LogP contribution in [0.4, 0.5) is 5.69 Å². The smallest absolute Gasteiger partial charge is 0.247 e. The first-order valence-electron chi connectivity index (χ1n) is 10.6. The fourth-order valence-corrected chi connectivity index (χ4v) is 4.63. The van der Waals surface area contributed by atoms with Gasteiger partial charge in [-0.1, -0.05) is 54.2 Å². The Morgan fingerprint density at radius 1 is 1.09 bits per heavy atom. The van der Waals surface area contributed by atoms with Crippen LogP contribution in [0.3, 0.4) is 0 Å². The van der Waals surface area contributed by atoms with Crippen molar-refractivity contribution in [2.75, 3.05) is 10.7 Å². The molecule has 0 fully saturated rings. The summed E-state index contributed by atoms with van der Waals surface area (Å²) in [6.45, 7) is 6.71. The van der Waals surface area contributed by atoms with Crippen LogP contribution in [0.2, 0.25) is 0 Å². The lowest BCUT2D eigenvalue weighted by Crippen LogP contribution is -2.36. The number of hydrogen-bond acceptors (Lipinski definition) is 7. The number of thioether (sulfide) groups is 1. The van der Waals surface area contributed by atoms with E-state index in [4.69, 9.17) is 4.74 Å². The Kier molecular flexibility index (Phi) is 5.62. The van der Waals surface area contributed by atoms with E-state index in [1.165, 1.54) is 25.6 Å². The zero-order valence-corrected chi connectivity index (χ0v) is 19.5. The number of nitrogens with zero attached hydrogens (tertiary/aromatic N) is 5. The number of anilines is 1. The lowest BCUT2D eigenvalue weighted by atomic mass is 10.1. The van der Waals surface area contributed by atoms with Gasteiger partial charge < -0.3 is 4.74 Å². The van der Waals surface area contributed by atoms with E-state index in [9.17, 15) is 9.59 Å². The Hall–Kier alpha value is -3.98. The highest BCUT2D eigenvalue weighted by Crippen LogP contribution is 2.44. The minimum Gasteiger partial charge on any atom is -0.447 e. The first-order chi connectivity index (χ1) is 16.5. The molecule has 0 spiro atoms. The quantitative estimate of drug-likeness (QED) is 0.310. The van der Waals surface area contributed by atoms with Gasteiger partial charge in [-0.2, -0.15) is 4.98 Å². The molecule has 1 aliphatic heterocycles. The molecule has 8 nitrogen and oxygen atoms in total. The molecular weight excluding hydrogens is 450 g/mol. The molecule has 34 heavy (non-hydrogen) atoms. The minimum absolute atomic E-state index is 0.140. The van der Waals surface area contributed by atoms with E-state index in [-0.39, 0.29) is 17.7 Å². The number of carbonyl (C=O) groups is 2. The number of ether oxygens (including phenoxy) is 1. The molecule has 1 aliphatic rings. The van der Waals surface area contributed by atoms with Crippen molar-refractivity contribution in [3.05, 3.63) is 72.9 Å². The van der Waals surface area contributed by atoms with Gasteiger partial charge in [0.2, 0.25) is 29.1 Å². The van der Waals surface area contributed by atoms with E-state index >= 15 is 0 Å². The average Bonchev–Trinajstić information content (AvgIpc) is 3.15. The monoisotopic (exact) mass is 471 g/mol. The van der Waals surface area contributed by atoms with Crippen LogP contribution in [0.15, 0.2) is 72.5 Å². The van der Waals surface area contributed by atoms with Crippen molar-refractivity contribution < 1.29 is 14.3 Å². The molecule has 0 saturated heterocycles. The number of carbonyl (C=O) groups excluding carboxylic acids is 2. The van der Waals surface area contributed by atoms with Crippen molar-refractivity contribution in [1.29, 1.82) is 0 Å². The molecule has 2 aromatic heterocycles. The first-order valence-corrected chi connectivity index (χ1v) is 11.6. The van der Waals surface area contributed by atoms with Crippen molar-refractivity contribution in [2.45, 2.75) is 25.2 Å². The molecule has 1 unspecified atom stereocenters. The Balaban J connectivity index is 1.77. The van der Waals surface area contributed by atoms with Crippen molar-refractivity contribution in [3.8, 4) is 17.1 Å². The fourth-order valence-electron chi connectivity index (χ4n) is 4.11. The molecule has 0 radical (unpaired) electrons. The largest absolute Gasteiger partial charge is 0.447 e. The number of benzene rings is 2. The molecular formula is C25H21N5O3S. The molecule has 2 aromatic carbocycles. The van der Waals surface area contributed by atoms with E-state index in [0.29, 0.717) is 33.4 Å². The van der Waals surface area contributed by atoms with Crippen LogP contribution in [-0.2, 0) is 4.79 Å². The van der Waals surface area contributed by atoms with Gasteiger partial charge in [0.15, 0.2) is 5.69 Å². The summed E-state index contributed by atoms with van der Waals surface area (Å²) in [6, 6.07) is 15.0. The van der Waals surface area contributed by atoms with Gasteiger partial charge in [0.1, 0.15) is 0 Å². The number of rotatable bonds is 4. The Labute approximate surface area is 200 Å². The summed E-state index contributed by atoms with van der Waals surface area (Å²) < 4.78 is 8.01. The Morgan fingerprint density at radius 3 is 2.62 bits per heavy atom. The van der Waals surface area contributed by atoms with Crippen LogP contribution < -0.4 is 9.64 Å². The molecule has 3 heterocycles. The molecule has 0 saturated carbocycles. The number of hydrogen-bond donors (Lipinski definition) is 0. The van der Waals surface area contributed by atoms with Gasteiger partial charge >= 0.3 is 0 Å². The van der Waals surface area contributed by atoms with Gasteiger partial charge in [-0.05, 0) is 12.1 Å². The van der Waals surface area contributed by atoms with Crippen molar-refractivity contribution in [3.63, 3.8) is 0 Å². The maximum absolute atomic E-state index is 13.0. The number of para-hydroxylation sites is 2. The topological polar surface area (TPSA) is 90.2 Å². The summed E-state index contributed by atoms with van der Waals surface area (Å²) in [4.78, 5) is 31.6. The van der Waals surface area contributed by atoms with Crippen LogP contribution in [0.1, 0.15) is 30.4 Å². The summed E-state index contributed by atoms with van der Waals surface area (Å²) in [6.07, 6.45) is 2.61. The predicted molar refractivity (Wildman–Crippen MR) is 131 cm³/mol. The molecule has 170 valence electrons. The van der Waals surface area contributed by atoms with Gasteiger partial charge in [-0.3, -0.25) is 19.1 Å². The number of aromatic nitrogens is 4. The zero-order valence-electron chi connectivity index (χ0n) is 18.6. The second-order valence-electron chi connectivity index (χ2n) is 7.71. The second kappa shape index (κ2) is 8.75. The highest BCUT2D eigenvalue weighted by molar-refractivity contribution is 7.99. The van der Waals surface area contributed by atoms with Gasteiger partial charge in [-0.25, -0.2) is 0 Å². The van der Waals surface area contributed by atoms with E-state index in [0.717, 1.165) is 10.9 Å². The van der Waals surface area contributed by atoms with E-state index < -0.39 is 6.23 Å². The van der Waals surface area contributed by atoms with Crippen molar-refractivity contribution in [1.82, 2.24) is 19.7 Å². The SMILES string of the molecule is C=CCSc1nnc2c(n1)OC(c1cn(C(C)=O)c3ccccc13)N(C(C)=O)c1ccccc1-2. The number of fused-ring (bicyclic) bond motifs is 4. The van der Waals surface area contributed by atoms with Gasteiger partial charge in [0, 0.05) is 42.3 Å². The highest BCUT2D eigenvalue weighted by Gasteiger charge is 2.36. The number of amides is 1. The minimum atomic E-state index is -0.876. The van der Waals surface area contributed by atoms with Gasteiger partial charge in [0.05, 0.1) is 11.2 Å². The lowest BCUT2D eigenvalue weighted by molar-refractivity contribution is -0.118. The average molecular weight is 472 g/mol. The normalized spacial score (nSPS) is 14.6. The fraction of sp³-hybridized carbons (Fsp3) is 0.160. The predicted octanol–water partition coefficient (Wildman–Crippen LogP) is 4.88. The third kappa shape index (κ3) is 3.63. The molecule has 1 amide bonds. The molecule has 4 aromatic rings. The van der Waals surface area contributed by atoms with Gasteiger partial charge in [0.25, 0.3) is 0 Å². The lowest BCUT2D eigenvalue weighted by Gasteiger charge is -2.29. The summed E-state index contributed by atoms with van der Waals surface area (Å²) in [5, 5.41) is 9.88. The summed E-state index contributed by atoms with van der Waals surface area (Å²) >= 11 is 1.38. The maximum Gasteiger partial charge on any atom is 0.247 e. The maximum atomic E-state index is 13.0. The zero-order chi connectivity index (χ0) is 23.8. The van der Waals surface area contributed by atoms with Crippen LogP contribution in [0.5, 0.6) is 5.88 Å². The molecule has 0 aliphatic carbocycles. The highest BCUT2D eigenvalue weighted by atomic mass is 32.2. The van der Waals surface area contributed by atoms with Crippen LogP contribution in [-0.4, -0.2) is 37.3 Å². The summed E-state index contributed by atoms with van der Waals surface area (Å²) in [5.74, 6) is 0.520.